The lowest BCUT2D eigenvalue weighted by atomic mass is 10.2. The van der Waals surface area contributed by atoms with Crippen LogP contribution >= 0.6 is 11.8 Å². The Balaban J connectivity index is 1.70. The molecule has 7 heteroatoms. The molecule has 0 radical (unpaired) electrons. The van der Waals surface area contributed by atoms with E-state index in [1.54, 1.807) is 6.33 Å². The second-order valence-corrected chi connectivity index (χ2v) is 6.71. The van der Waals surface area contributed by atoms with Crippen LogP contribution in [0.5, 0.6) is 0 Å². The zero-order chi connectivity index (χ0) is 15.5. The Kier molecular flexibility index (Phi) is 4.52. The molecule has 0 amide bonds. The maximum absolute atomic E-state index is 4.45. The lowest BCUT2D eigenvalue weighted by Crippen LogP contribution is -2.33. The number of nitrogens with one attached hydrogen (secondary N) is 1. The molecule has 2 aromatic rings. The molecule has 0 bridgehead atoms. The van der Waals surface area contributed by atoms with Gasteiger partial charge in [-0.05, 0) is 13.8 Å². The summed E-state index contributed by atoms with van der Waals surface area (Å²) in [6.45, 7) is 6.98. The summed E-state index contributed by atoms with van der Waals surface area (Å²) in [6.07, 6.45) is 1.64. The van der Waals surface area contributed by atoms with Crippen LogP contribution in [-0.4, -0.2) is 44.3 Å². The number of hydrogen-bond donors (Lipinski definition) is 1. The summed E-state index contributed by atoms with van der Waals surface area (Å²) in [5, 5.41) is 7.85. The minimum absolute atomic E-state index is 0.734. The molecule has 0 unspecified atom stereocenters. The van der Waals surface area contributed by atoms with Gasteiger partial charge in [0.15, 0.2) is 0 Å². The molecule has 3 heterocycles. The van der Waals surface area contributed by atoms with Crippen LogP contribution in [0, 0.1) is 13.8 Å². The summed E-state index contributed by atoms with van der Waals surface area (Å²) in [6, 6.07) is 2.04. The second kappa shape index (κ2) is 6.56. The molecule has 0 saturated carbocycles. The van der Waals surface area contributed by atoms with Crippen molar-refractivity contribution in [2.75, 3.05) is 34.8 Å². The highest BCUT2D eigenvalue weighted by Crippen LogP contribution is 2.20. The average Bonchev–Trinajstić information content (AvgIpc) is 2.79. The number of rotatable bonds is 4. The van der Waals surface area contributed by atoms with Crippen LogP contribution in [0.25, 0.3) is 0 Å². The van der Waals surface area contributed by atoms with Gasteiger partial charge in [0, 0.05) is 55.5 Å². The van der Waals surface area contributed by atoms with Gasteiger partial charge in [-0.1, -0.05) is 0 Å². The van der Waals surface area contributed by atoms with Crippen molar-refractivity contribution in [2.24, 2.45) is 7.05 Å². The first-order valence-electron chi connectivity index (χ1n) is 7.53. The minimum Gasteiger partial charge on any atom is -0.366 e. The molecule has 2 aromatic heterocycles. The second-order valence-electron chi connectivity index (χ2n) is 5.49. The lowest BCUT2D eigenvalue weighted by molar-refractivity contribution is 0.730. The van der Waals surface area contributed by atoms with Crippen LogP contribution in [0.3, 0.4) is 0 Å². The third-order valence-corrected chi connectivity index (χ3v) is 5.04. The molecule has 3 rings (SSSR count). The molecule has 0 aliphatic carbocycles. The molecule has 22 heavy (non-hydrogen) atoms. The highest BCUT2D eigenvalue weighted by Gasteiger charge is 2.13. The first kappa shape index (κ1) is 15.1. The van der Waals surface area contributed by atoms with Gasteiger partial charge in [0.05, 0.1) is 5.69 Å². The number of aryl methyl sites for hydroxylation is 2. The predicted molar refractivity (Wildman–Crippen MR) is 91.6 cm³/mol. The zero-order valence-electron chi connectivity index (χ0n) is 13.3. The third kappa shape index (κ3) is 3.19. The monoisotopic (exact) mass is 318 g/mol. The first-order valence-corrected chi connectivity index (χ1v) is 8.68. The molecule has 1 aliphatic rings. The fraction of sp³-hybridized carbons (Fsp3) is 0.533. The number of anilines is 2. The molecule has 0 spiro atoms. The van der Waals surface area contributed by atoms with E-state index in [-0.39, 0.29) is 0 Å². The van der Waals surface area contributed by atoms with Crippen LogP contribution in [0.1, 0.15) is 17.0 Å². The van der Waals surface area contributed by atoms with Crippen molar-refractivity contribution in [1.29, 1.82) is 0 Å². The molecule has 6 nitrogen and oxygen atoms in total. The Morgan fingerprint density at radius 3 is 2.68 bits per heavy atom. The van der Waals surface area contributed by atoms with Gasteiger partial charge in [0.25, 0.3) is 0 Å². The normalized spacial score (nSPS) is 15.1. The third-order valence-electron chi connectivity index (χ3n) is 4.09. The molecule has 1 saturated heterocycles. The summed E-state index contributed by atoms with van der Waals surface area (Å²) in [5.41, 5.74) is 3.49. The number of thioether (sulfide) groups is 1. The van der Waals surface area contributed by atoms with Crippen LogP contribution in [0.2, 0.25) is 0 Å². The Labute approximate surface area is 135 Å². The van der Waals surface area contributed by atoms with Crippen molar-refractivity contribution in [2.45, 2.75) is 20.4 Å². The molecule has 0 atom stereocenters. The molecule has 1 aliphatic heterocycles. The van der Waals surface area contributed by atoms with E-state index in [1.807, 2.05) is 36.5 Å². The first-order chi connectivity index (χ1) is 10.6. The maximum atomic E-state index is 4.45. The number of hydrogen-bond acceptors (Lipinski definition) is 6. The van der Waals surface area contributed by atoms with Crippen LogP contribution < -0.4 is 10.2 Å². The van der Waals surface area contributed by atoms with Crippen molar-refractivity contribution in [3.05, 3.63) is 29.3 Å². The quantitative estimate of drug-likeness (QED) is 0.930. The fourth-order valence-electron chi connectivity index (χ4n) is 2.66. The average molecular weight is 318 g/mol. The van der Waals surface area contributed by atoms with Gasteiger partial charge in [-0.2, -0.15) is 16.9 Å². The number of nitrogens with zero attached hydrogens (tertiary/aromatic N) is 5. The van der Waals surface area contributed by atoms with E-state index in [9.17, 15) is 0 Å². The van der Waals surface area contributed by atoms with Gasteiger partial charge >= 0.3 is 0 Å². The highest BCUT2D eigenvalue weighted by molar-refractivity contribution is 7.99. The van der Waals surface area contributed by atoms with Crippen LogP contribution in [0.15, 0.2) is 12.4 Å². The standard InChI is InChI=1S/C15H22N6S/c1-11-13(12(2)20(3)19-11)9-16-14-8-15(18-10-17-14)21-4-6-22-7-5-21/h8,10H,4-7,9H2,1-3H3,(H,16,17,18). The van der Waals surface area contributed by atoms with E-state index in [1.165, 1.54) is 22.8 Å². The Morgan fingerprint density at radius 2 is 2.00 bits per heavy atom. The van der Waals surface area contributed by atoms with E-state index in [0.717, 1.165) is 37.0 Å². The molecule has 0 aromatic carbocycles. The Bertz CT molecular complexity index is 647. The topological polar surface area (TPSA) is 58.9 Å². The van der Waals surface area contributed by atoms with Crippen LogP contribution in [-0.2, 0) is 13.6 Å². The summed E-state index contributed by atoms with van der Waals surface area (Å²) in [7, 11) is 1.98. The lowest BCUT2D eigenvalue weighted by Gasteiger charge is -2.27. The van der Waals surface area contributed by atoms with E-state index < -0.39 is 0 Å². The number of aromatic nitrogens is 4. The SMILES string of the molecule is Cc1nn(C)c(C)c1CNc1cc(N2CCSCC2)ncn1. The van der Waals surface area contributed by atoms with Crippen molar-refractivity contribution in [3.63, 3.8) is 0 Å². The summed E-state index contributed by atoms with van der Waals surface area (Å²) < 4.78 is 1.92. The van der Waals surface area contributed by atoms with Crippen LogP contribution in [0.4, 0.5) is 11.6 Å². The van der Waals surface area contributed by atoms with Crippen molar-refractivity contribution in [1.82, 2.24) is 19.7 Å². The molecule has 118 valence electrons. The summed E-state index contributed by atoms with van der Waals surface area (Å²) >= 11 is 2.00. The summed E-state index contributed by atoms with van der Waals surface area (Å²) in [5.74, 6) is 4.21. The van der Waals surface area contributed by atoms with Gasteiger partial charge in [0.1, 0.15) is 18.0 Å². The van der Waals surface area contributed by atoms with Crippen molar-refractivity contribution in [3.8, 4) is 0 Å². The smallest absolute Gasteiger partial charge is 0.134 e. The van der Waals surface area contributed by atoms with E-state index >= 15 is 0 Å². The van der Waals surface area contributed by atoms with Gasteiger partial charge in [-0.3, -0.25) is 4.68 Å². The maximum Gasteiger partial charge on any atom is 0.134 e. The minimum atomic E-state index is 0.734. The summed E-state index contributed by atoms with van der Waals surface area (Å²) in [4.78, 5) is 11.1. The van der Waals surface area contributed by atoms with Crippen molar-refractivity contribution >= 4 is 23.4 Å². The Morgan fingerprint density at radius 1 is 1.23 bits per heavy atom. The van der Waals surface area contributed by atoms with Crippen molar-refractivity contribution < 1.29 is 0 Å². The van der Waals surface area contributed by atoms with E-state index in [2.05, 4.69) is 32.2 Å². The zero-order valence-corrected chi connectivity index (χ0v) is 14.2. The van der Waals surface area contributed by atoms with Gasteiger partial charge in [0.2, 0.25) is 0 Å². The van der Waals surface area contributed by atoms with Gasteiger partial charge in [-0.15, -0.1) is 0 Å². The Hall–Kier alpha value is -1.76. The molecule has 1 N–H and O–H groups in total. The van der Waals surface area contributed by atoms with E-state index in [4.69, 9.17) is 0 Å². The van der Waals surface area contributed by atoms with Gasteiger partial charge < -0.3 is 10.2 Å². The molecular weight excluding hydrogens is 296 g/mol. The highest BCUT2D eigenvalue weighted by atomic mass is 32.2. The van der Waals surface area contributed by atoms with E-state index in [0.29, 0.717) is 0 Å². The fourth-order valence-corrected chi connectivity index (χ4v) is 3.56. The predicted octanol–water partition coefficient (Wildman–Crippen LogP) is 1.99. The largest absolute Gasteiger partial charge is 0.366 e. The molecule has 1 fully saturated rings. The van der Waals surface area contributed by atoms with Gasteiger partial charge in [-0.25, -0.2) is 9.97 Å². The molecular formula is C15H22N6S.